The summed E-state index contributed by atoms with van der Waals surface area (Å²) in [4.78, 5) is 25.5. The molecular weight excluding hydrogens is 270 g/mol. The smallest absolute Gasteiger partial charge is 0.331 e. The van der Waals surface area contributed by atoms with Gasteiger partial charge in [-0.1, -0.05) is 24.3 Å². The lowest BCUT2D eigenvalue weighted by Crippen LogP contribution is -2.44. The Bertz CT molecular complexity index is 667. The maximum atomic E-state index is 12.4. The number of fused-ring (bicyclic) bond motifs is 1. The molecule has 0 saturated carbocycles. The number of H-pyrrole nitrogens is 1. The van der Waals surface area contributed by atoms with E-state index in [1.165, 1.54) is 4.90 Å². The maximum absolute atomic E-state index is 12.4. The van der Waals surface area contributed by atoms with Gasteiger partial charge in [0, 0.05) is 18.4 Å². The third-order valence-corrected chi connectivity index (χ3v) is 3.74. The molecule has 2 aromatic rings. The zero-order valence-corrected chi connectivity index (χ0v) is 11.3. The average Bonchev–Trinajstić information content (AvgIpc) is 2.98. The summed E-state index contributed by atoms with van der Waals surface area (Å²) in [5, 5.41) is 16.0. The van der Waals surface area contributed by atoms with Crippen molar-refractivity contribution < 1.29 is 14.7 Å². The zero-order valence-electron chi connectivity index (χ0n) is 11.3. The number of hydrogen-bond acceptors (Lipinski definition) is 3. The molecule has 108 valence electrons. The number of aliphatic carboxylic acids is 1. The largest absolute Gasteiger partial charge is 0.479 e. The van der Waals surface area contributed by atoms with Crippen LogP contribution in [0.25, 0.3) is 0 Å². The molecule has 0 bridgehead atoms. The molecule has 0 fully saturated rings. The van der Waals surface area contributed by atoms with Gasteiger partial charge in [-0.05, 0) is 23.6 Å². The molecule has 1 aromatic heterocycles. The van der Waals surface area contributed by atoms with Crippen LogP contribution in [-0.4, -0.2) is 38.6 Å². The van der Waals surface area contributed by atoms with Crippen LogP contribution in [0.1, 0.15) is 22.9 Å². The number of rotatable bonds is 3. The molecule has 6 heteroatoms. The van der Waals surface area contributed by atoms with Gasteiger partial charge in [-0.2, -0.15) is 5.10 Å². The first-order valence-corrected chi connectivity index (χ1v) is 6.75. The molecular formula is C15H15N3O3. The summed E-state index contributed by atoms with van der Waals surface area (Å²) in [5.74, 6) is -1.21. The minimum atomic E-state index is -1.000. The van der Waals surface area contributed by atoms with Gasteiger partial charge in [0.1, 0.15) is 0 Å². The van der Waals surface area contributed by atoms with E-state index in [0.29, 0.717) is 24.2 Å². The maximum Gasteiger partial charge on any atom is 0.331 e. The topological polar surface area (TPSA) is 86.3 Å². The van der Waals surface area contributed by atoms with Crippen LogP contribution < -0.4 is 0 Å². The van der Waals surface area contributed by atoms with Gasteiger partial charge in [-0.3, -0.25) is 9.89 Å². The summed E-state index contributed by atoms with van der Waals surface area (Å²) in [6.45, 7) is 0.418. The summed E-state index contributed by atoms with van der Waals surface area (Å²) in [6, 6.07) is 8.19. The van der Waals surface area contributed by atoms with Crippen molar-refractivity contribution in [1.29, 1.82) is 0 Å². The Morgan fingerprint density at radius 3 is 2.86 bits per heavy atom. The second-order valence-corrected chi connectivity index (χ2v) is 5.04. The second-order valence-electron chi connectivity index (χ2n) is 5.04. The van der Waals surface area contributed by atoms with Gasteiger partial charge in [0.05, 0.1) is 6.42 Å². The Kier molecular flexibility index (Phi) is 3.43. The normalized spacial score (nSPS) is 17.3. The van der Waals surface area contributed by atoms with Gasteiger partial charge in [-0.25, -0.2) is 4.79 Å². The first-order valence-electron chi connectivity index (χ1n) is 6.75. The van der Waals surface area contributed by atoms with Gasteiger partial charge in [0.25, 0.3) is 0 Å². The molecule has 1 atom stereocenters. The number of aromatic amines is 1. The second kappa shape index (κ2) is 5.40. The quantitative estimate of drug-likeness (QED) is 0.886. The fourth-order valence-electron chi connectivity index (χ4n) is 2.75. The van der Waals surface area contributed by atoms with E-state index < -0.39 is 12.0 Å². The highest BCUT2D eigenvalue weighted by molar-refractivity contribution is 5.86. The third-order valence-electron chi connectivity index (χ3n) is 3.74. The van der Waals surface area contributed by atoms with Gasteiger partial charge in [-0.15, -0.1) is 0 Å². The number of nitrogens with one attached hydrogen (secondary N) is 1. The number of carboxylic acids is 1. The highest BCUT2D eigenvalue weighted by Crippen LogP contribution is 2.30. The van der Waals surface area contributed by atoms with Crippen LogP contribution in [0.4, 0.5) is 0 Å². The van der Waals surface area contributed by atoms with E-state index in [-0.39, 0.29) is 12.3 Å². The molecule has 2 heterocycles. The van der Waals surface area contributed by atoms with Crippen molar-refractivity contribution in [2.45, 2.75) is 18.9 Å². The van der Waals surface area contributed by atoms with Crippen LogP contribution in [0.3, 0.4) is 0 Å². The van der Waals surface area contributed by atoms with Crippen molar-refractivity contribution in [2.24, 2.45) is 0 Å². The molecule has 0 aliphatic carbocycles. The molecule has 1 aromatic carbocycles. The van der Waals surface area contributed by atoms with E-state index in [9.17, 15) is 14.7 Å². The van der Waals surface area contributed by atoms with Crippen molar-refractivity contribution in [3.05, 3.63) is 53.3 Å². The van der Waals surface area contributed by atoms with E-state index in [0.717, 1.165) is 5.56 Å². The minimum Gasteiger partial charge on any atom is -0.479 e. The monoisotopic (exact) mass is 285 g/mol. The number of benzene rings is 1. The fraction of sp³-hybridized carbons (Fsp3) is 0.267. The van der Waals surface area contributed by atoms with Crippen molar-refractivity contribution in [1.82, 2.24) is 15.1 Å². The summed E-state index contributed by atoms with van der Waals surface area (Å²) in [6.07, 6.45) is 2.38. The van der Waals surface area contributed by atoms with Crippen molar-refractivity contribution >= 4 is 11.9 Å². The molecule has 6 nitrogen and oxygen atoms in total. The molecule has 1 aliphatic rings. The number of nitrogens with zero attached hydrogens (tertiary/aromatic N) is 2. The molecule has 1 unspecified atom stereocenters. The molecule has 0 spiro atoms. The average molecular weight is 285 g/mol. The molecule has 0 radical (unpaired) electrons. The number of amides is 1. The van der Waals surface area contributed by atoms with Crippen LogP contribution in [-0.2, 0) is 22.4 Å². The molecule has 1 aliphatic heterocycles. The Balaban J connectivity index is 1.88. The Morgan fingerprint density at radius 2 is 2.14 bits per heavy atom. The van der Waals surface area contributed by atoms with E-state index in [2.05, 4.69) is 10.2 Å². The van der Waals surface area contributed by atoms with E-state index in [1.807, 2.05) is 12.1 Å². The fourth-order valence-corrected chi connectivity index (χ4v) is 2.75. The van der Waals surface area contributed by atoms with Crippen LogP contribution in [0, 0.1) is 0 Å². The Labute approximate surface area is 121 Å². The van der Waals surface area contributed by atoms with Crippen LogP contribution in [0.5, 0.6) is 0 Å². The number of carbonyl (C=O) groups excluding carboxylic acids is 1. The predicted molar refractivity (Wildman–Crippen MR) is 74.5 cm³/mol. The molecule has 2 N–H and O–H groups in total. The molecule has 21 heavy (non-hydrogen) atoms. The first kappa shape index (κ1) is 13.4. The number of hydrogen-bond donors (Lipinski definition) is 2. The zero-order chi connectivity index (χ0) is 14.8. The summed E-state index contributed by atoms with van der Waals surface area (Å²) in [5.41, 5.74) is 2.38. The van der Waals surface area contributed by atoms with Crippen molar-refractivity contribution in [3.63, 3.8) is 0 Å². The number of carbonyl (C=O) groups is 2. The van der Waals surface area contributed by atoms with Gasteiger partial charge >= 0.3 is 5.97 Å². The standard InChI is InChI=1S/C15H15N3O3/c19-13(9-11-5-7-16-17-11)18-8-6-10-3-1-2-4-12(10)14(18)15(20)21/h1-5,7,14H,6,8-9H2,(H,16,17)(H,20,21). The van der Waals surface area contributed by atoms with Crippen LogP contribution in [0.2, 0.25) is 0 Å². The minimum absolute atomic E-state index is 0.131. The molecule has 1 amide bonds. The summed E-state index contributed by atoms with van der Waals surface area (Å²) in [7, 11) is 0. The lowest BCUT2D eigenvalue weighted by atomic mass is 9.92. The predicted octanol–water partition coefficient (Wildman–Crippen LogP) is 1.16. The van der Waals surface area contributed by atoms with Crippen molar-refractivity contribution in [3.8, 4) is 0 Å². The van der Waals surface area contributed by atoms with Gasteiger partial charge < -0.3 is 10.0 Å². The van der Waals surface area contributed by atoms with E-state index >= 15 is 0 Å². The lowest BCUT2D eigenvalue weighted by Gasteiger charge is -2.34. The Morgan fingerprint density at radius 1 is 1.33 bits per heavy atom. The van der Waals surface area contributed by atoms with Crippen LogP contribution in [0.15, 0.2) is 36.5 Å². The lowest BCUT2D eigenvalue weighted by molar-refractivity contribution is -0.151. The summed E-state index contributed by atoms with van der Waals surface area (Å²) < 4.78 is 0. The van der Waals surface area contributed by atoms with Crippen LogP contribution >= 0.6 is 0 Å². The van der Waals surface area contributed by atoms with E-state index in [1.54, 1.807) is 24.4 Å². The van der Waals surface area contributed by atoms with E-state index in [4.69, 9.17) is 0 Å². The first-order chi connectivity index (χ1) is 10.2. The third kappa shape index (κ3) is 2.52. The highest BCUT2D eigenvalue weighted by Gasteiger charge is 2.35. The van der Waals surface area contributed by atoms with Gasteiger partial charge in [0.2, 0.25) is 5.91 Å². The molecule has 3 rings (SSSR count). The SMILES string of the molecule is O=C(O)C1c2ccccc2CCN1C(=O)Cc1ccn[nH]1. The molecule has 0 saturated heterocycles. The highest BCUT2D eigenvalue weighted by atomic mass is 16.4. The Hall–Kier alpha value is -2.63. The summed E-state index contributed by atoms with van der Waals surface area (Å²) >= 11 is 0. The van der Waals surface area contributed by atoms with Crippen molar-refractivity contribution in [2.75, 3.05) is 6.54 Å². The van der Waals surface area contributed by atoms with Gasteiger partial charge in [0.15, 0.2) is 6.04 Å². The number of aromatic nitrogens is 2. The number of carboxylic acid groups (broad SMARTS) is 1.